The van der Waals surface area contributed by atoms with Crippen LogP contribution < -0.4 is 10.1 Å². The lowest BCUT2D eigenvalue weighted by atomic mass is 10.0. The Hall–Kier alpha value is -0.810. The molecular formula is C14H21ClN2O2. The molecule has 0 radical (unpaired) electrons. The summed E-state index contributed by atoms with van der Waals surface area (Å²) in [5, 5.41) is 13.4. The normalized spacial score (nSPS) is 18.3. The van der Waals surface area contributed by atoms with Crippen LogP contribution in [0.1, 0.15) is 18.0 Å². The SMILES string of the molecule is COc1ccc(Cl)cc1[C@H](CCO)N1CCNCC1. The third-order valence-corrected chi connectivity index (χ3v) is 3.78. The van der Waals surface area contributed by atoms with E-state index in [1.807, 2.05) is 18.2 Å². The van der Waals surface area contributed by atoms with E-state index in [1.54, 1.807) is 7.11 Å². The van der Waals surface area contributed by atoms with Crippen LogP contribution in [0.3, 0.4) is 0 Å². The van der Waals surface area contributed by atoms with Crippen LogP contribution >= 0.6 is 11.6 Å². The Morgan fingerprint density at radius 3 is 2.79 bits per heavy atom. The molecular weight excluding hydrogens is 264 g/mol. The highest BCUT2D eigenvalue weighted by atomic mass is 35.5. The number of methoxy groups -OCH3 is 1. The van der Waals surface area contributed by atoms with Gasteiger partial charge >= 0.3 is 0 Å². The van der Waals surface area contributed by atoms with E-state index in [1.165, 1.54) is 0 Å². The summed E-state index contributed by atoms with van der Waals surface area (Å²) in [5.41, 5.74) is 1.06. The van der Waals surface area contributed by atoms with Gasteiger partial charge in [-0.15, -0.1) is 0 Å². The third kappa shape index (κ3) is 3.60. The molecule has 1 aliphatic rings. The topological polar surface area (TPSA) is 44.7 Å². The Morgan fingerprint density at radius 2 is 2.16 bits per heavy atom. The van der Waals surface area contributed by atoms with Crippen LogP contribution in [0.25, 0.3) is 0 Å². The fourth-order valence-electron chi connectivity index (χ4n) is 2.62. The van der Waals surface area contributed by atoms with Crippen molar-refractivity contribution in [2.24, 2.45) is 0 Å². The van der Waals surface area contributed by atoms with Gasteiger partial charge in [0.25, 0.3) is 0 Å². The number of hydrogen-bond acceptors (Lipinski definition) is 4. The summed E-state index contributed by atoms with van der Waals surface area (Å²) >= 11 is 6.11. The van der Waals surface area contributed by atoms with Gasteiger partial charge in [0.15, 0.2) is 0 Å². The van der Waals surface area contributed by atoms with Gasteiger partial charge < -0.3 is 15.2 Å². The van der Waals surface area contributed by atoms with Gasteiger partial charge in [0.05, 0.1) is 7.11 Å². The number of piperazine rings is 1. The van der Waals surface area contributed by atoms with Crippen LogP contribution in [0.5, 0.6) is 5.75 Å². The summed E-state index contributed by atoms with van der Waals surface area (Å²) in [7, 11) is 1.67. The van der Waals surface area contributed by atoms with Gasteiger partial charge in [-0.25, -0.2) is 0 Å². The molecule has 0 unspecified atom stereocenters. The molecule has 106 valence electrons. The van der Waals surface area contributed by atoms with Crippen molar-refractivity contribution in [2.75, 3.05) is 39.9 Å². The molecule has 2 rings (SSSR count). The second-order valence-corrected chi connectivity index (χ2v) is 5.14. The monoisotopic (exact) mass is 284 g/mol. The molecule has 1 aliphatic heterocycles. The number of rotatable bonds is 5. The molecule has 0 aromatic heterocycles. The maximum absolute atomic E-state index is 9.35. The van der Waals surface area contributed by atoms with Crippen molar-refractivity contribution in [3.63, 3.8) is 0 Å². The smallest absolute Gasteiger partial charge is 0.123 e. The second kappa shape index (κ2) is 7.10. The molecule has 19 heavy (non-hydrogen) atoms. The first-order chi connectivity index (χ1) is 9.26. The highest BCUT2D eigenvalue weighted by Crippen LogP contribution is 2.33. The zero-order chi connectivity index (χ0) is 13.7. The van der Waals surface area contributed by atoms with E-state index in [0.29, 0.717) is 11.4 Å². The Kier molecular flexibility index (Phi) is 5.45. The van der Waals surface area contributed by atoms with E-state index < -0.39 is 0 Å². The Morgan fingerprint density at radius 1 is 1.42 bits per heavy atom. The number of aliphatic hydroxyl groups excluding tert-OH is 1. The molecule has 0 bridgehead atoms. The molecule has 0 spiro atoms. The largest absolute Gasteiger partial charge is 0.496 e. The Labute approximate surface area is 119 Å². The maximum atomic E-state index is 9.35. The summed E-state index contributed by atoms with van der Waals surface area (Å²) in [4.78, 5) is 2.38. The lowest BCUT2D eigenvalue weighted by Gasteiger charge is -2.35. The quantitative estimate of drug-likeness (QED) is 0.863. The zero-order valence-corrected chi connectivity index (χ0v) is 12.0. The molecule has 1 heterocycles. The van der Waals surface area contributed by atoms with Crippen LogP contribution in [0.4, 0.5) is 0 Å². The predicted molar refractivity (Wildman–Crippen MR) is 76.9 cm³/mol. The minimum Gasteiger partial charge on any atom is -0.496 e. The van der Waals surface area contributed by atoms with Gasteiger partial charge in [-0.2, -0.15) is 0 Å². The van der Waals surface area contributed by atoms with Crippen molar-refractivity contribution in [1.82, 2.24) is 10.2 Å². The Balaban J connectivity index is 2.28. The molecule has 0 saturated carbocycles. The number of nitrogens with one attached hydrogen (secondary N) is 1. The number of halogens is 1. The van der Waals surface area contributed by atoms with Crippen LogP contribution in [0, 0.1) is 0 Å². The molecule has 1 fully saturated rings. The molecule has 1 saturated heterocycles. The van der Waals surface area contributed by atoms with Crippen LogP contribution in [-0.4, -0.2) is 49.9 Å². The highest BCUT2D eigenvalue weighted by Gasteiger charge is 2.24. The molecule has 0 aliphatic carbocycles. The van der Waals surface area contributed by atoms with Crippen molar-refractivity contribution in [2.45, 2.75) is 12.5 Å². The molecule has 4 nitrogen and oxygen atoms in total. The summed E-state index contributed by atoms with van der Waals surface area (Å²) < 4.78 is 5.44. The first-order valence-electron chi connectivity index (χ1n) is 6.65. The predicted octanol–water partition coefficient (Wildman–Crippen LogP) is 1.68. The van der Waals surface area contributed by atoms with Crippen LogP contribution in [0.15, 0.2) is 18.2 Å². The Bertz CT molecular complexity index is 408. The maximum Gasteiger partial charge on any atom is 0.123 e. The lowest BCUT2D eigenvalue weighted by molar-refractivity contribution is 0.139. The molecule has 1 aromatic rings. The fraction of sp³-hybridized carbons (Fsp3) is 0.571. The zero-order valence-electron chi connectivity index (χ0n) is 11.2. The van der Waals surface area contributed by atoms with Crippen molar-refractivity contribution in [1.29, 1.82) is 0 Å². The number of benzene rings is 1. The molecule has 2 N–H and O–H groups in total. The van der Waals surface area contributed by atoms with Crippen LogP contribution in [0.2, 0.25) is 5.02 Å². The van der Waals surface area contributed by atoms with Crippen molar-refractivity contribution < 1.29 is 9.84 Å². The van der Waals surface area contributed by atoms with Crippen molar-refractivity contribution in [3.05, 3.63) is 28.8 Å². The van der Waals surface area contributed by atoms with Crippen LogP contribution in [-0.2, 0) is 0 Å². The minimum absolute atomic E-state index is 0.153. The summed E-state index contributed by atoms with van der Waals surface area (Å²) in [5.74, 6) is 0.835. The van der Waals surface area contributed by atoms with E-state index in [2.05, 4.69) is 10.2 Å². The number of hydrogen-bond donors (Lipinski definition) is 2. The summed E-state index contributed by atoms with van der Waals surface area (Å²) in [6, 6.07) is 5.82. The summed E-state index contributed by atoms with van der Waals surface area (Å²) in [6.45, 7) is 4.06. The van der Waals surface area contributed by atoms with E-state index >= 15 is 0 Å². The average Bonchev–Trinajstić information content (AvgIpc) is 2.45. The lowest BCUT2D eigenvalue weighted by Crippen LogP contribution is -2.45. The molecule has 1 atom stereocenters. The standard InChI is InChI=1S/C14H21ClN2O2/c1-19-14-3-2-11(15)10-12(14)13(4-9-18)17-7-5-16-6-8-17/h2-3,10,13,16,18H,4-9H2,1H3/t13-/m0/s1. The second-order valence-electron chi connectivity index (χ2n) is 4.70. The van der Waals surface area contributed by atoms with Gasteiger partial charge in [0.1, 0.15) is 5.75 Å². The molecule has 0 amide bonds. The van der Waals surface area contributed by atoms with E-state index in [9.17, 15) is 5.11 Å². The first kappa shape index (κ1) is 14.6. The minimum atomic E-state index is 0.153. The number of nitrogens with zero attached hydrogens (tertiary/aromatic N) is 1. The van der Waals surface area contributed by atoms with Crippen molar-refractivity contribution >= 4 is 11.6 Å². The fourth-order valence-corrected chi connectivity index (χ4v) is 2.80. The summed E-state index contributed by atoms with van der Waals surface area (Å²) in [6.07, 6.45) is 0.691. The van der Waals surface area contributed by atoms with Gasteiger partial charge in [0.2, 0.25) is 0 Å². The van der Waals surface area contributed by atoms with Gasteiger partial charge in [0, 0.05) is 49.4 Å². The van der Waals surface area contributed by atoms with E-state index in [0.717, 1.165) is 37.5 Å². The highest BCUT2D eigenvalue weighted by molar-refractivity contribution is 6.30. The molecule has 1 aromatic carbocycles. The number of aliphatic hydroxyl groups is 1. The average molecular weight is 285 g/mol. The van der Waals surface area contributed by atoms with Gasteiger partial charge in [-0.3, -0.25) is 4.90 Å². The van der Waals surface area contributed by atoms with Gasteiger partial charge in [-0.05, 0) is 24.6 Å². The van der Waals surface area contributed by atoms with E-state index in [4.69, 9.17) is 16.3 Å². The number of ether oxygens (including phenoxy) is 1. The van der Waals surface area contributed by atoms with Crippen molar-refractivity contribution in [3.8, 4) is 5.75 Å². The van der Waals surface area contributed by atoms with Gasteiger partial charge in [-0.1, -0.05) is 11.6 Å². The third-order valence-electron chi connectivity index (χ3n) is 3.55. The molecule has 5 heteroatoms. The first-order valence-corrected chi connectivity index (χ1v) is 7.03. The van der Waals surface area contributed by atoms with E-state index in [-0.39, 0.29) is 12.6 Å².